The molecule has 8 heteroatoms. The summed E-state index contributed by atoms with van der Waals surface area (Å²) in [5, 5.41) is 18.6. The maximum absolute atomic E-state index is 11.5. The van der Waals surface area contributed by atoms with Gasteiger partial charge in [0.1, 0.15) is 5.65 Å². The predicted octanol–water partition coefficient (Wildman–Crippen LogP) is 5.51. The third-order valence-corrected chi connectivity index (χ3v) is 8.61. The maximum Gasteiger partial charge on any atom is 0.223 e. The van der Waals surface area contributed by atoms with E-state index in [1.54, 1.807) is 12.4 Å². The van der Waals surface area contributed by atoms with E-state index in [2.05, 4.69) is 38.8 Å². The summed E-state index contributed by atoms with van der Waals surface area (Å²) in [7, 11) is 0. The van der Waals surface area contributed by atoms with Crippen LogP contribution in [0.25, 0.3) is 17.0 Å². The van der Waals surface area contributed by atoms with Gasteiger partial charge in [-0.1, -0.05) is 13.8 Å². The summed E-state index contributed by atoms with van der Waals surface area (Å²) in [5.74, 6) is 0.623. The van der Waals surface area contributed by atoms with Crippen LogP contribution in [0, 0.1) is 17.8 Å². The number of imidazole rings is 1. The first-order valence-electron chi connectivity index (χ1n) is 13.1. The minimum Gasteiger partial charge on any atom is -0.390 e. The van der Waals surface area contributed by atoms with E-state index in [-0.39, 0.29) is 16.4 Å². The van der Waals surface area contributed by atoms with Gasteiger partial charge in [-0.05, 0) is 86.1 Å². The first-order valence-corrected chi connectivity index (χ1v) is 13.1. The minimum atomic E-state index is -0.599. The molecule has 190 valence electrons. The van der Waals surface area contributed by atoms with Gasteiger partial charge in [-0.3, -0.25) is 9.38 Å². The third-order valence-electron chi connectivity index (χ3n) is 8.61. The Labute approximate surface area is 216 Å². The number of fused-ring (bicyclic) bond motifs is 1. The summed E-state index contributed by atoms with van der Waals surface area (Å²) in [4.78, 5) is 18.5. The summed E-state index contributed by atoms with van der Waals surface area (Å²) in [6.45, 7) is 6.73. The lowest BCUT2D eigenvalue weighted by atomic mass is 9.41. The van der Waals surface area contributed by atoms with Gasteiger partial charge >= 0.3 is 0 Å². The topological polar surface area (TPSA) is 100 Å². The van der Waals surface area contributed by atoms with Gasteiger partial charge in [0.05, 0.1) is 40.8 Å². The molecule has 4 aromatic heterocycles. The van der Waals surface area contributed by atoms with Crippen LogP contribution in [0.1, 0.15) is 57.9 Å². The molecule has 4 aliphatic carbocycles. The molecule has 4 atom stereocenters. The van der Waals surface area contributed by atoms with E-state index in [0.29, 0.717) is 5.95 Å². The van der Waals surface area contributed by atoms with Gasteiger partial charge in [0.15, 0.2) is 0 Å². The van der Waals surface area contributed by atoms with E-state index in [4.69, 9.17) is 9.97 Å². The molecule has 4 saturated carbocycles. The first kappa shape index (κ1) is 22.7. The van der Waals surface area contributed by atoms with Crippen LogP contribution in [0.5, 0.6) is 0 Å². The van der Waals surface area contributed by atoms with E-state index >= 15 is 0 Å². The van der Waals surface area contributed by atoms with Gasteiger partial charge in [-0.2, -0.15) is 0 Å². The van der Waals surface area contributed by atoms with Crippen LogP contribution < -0.4 is 10.6 Å². The van der Waals surface area contributed by atoms with Gasteiger partial charge in [0, 0.05) is 24.1 Å². The quantitative estimate of drug-likeness (QED) is 0.335. The van der Waals surface area contributed by atoms with Gasteiger partial charge in [-0.15, -0.1) is 0 Å². The predicted molar refractivity (Wildman–Crippen MR) is 144 cm³/mol. The zero-order chi connectivity index (χ0) is 25.5. The summed E-state index contributed by atoms with van der Waals surface area (Å²) < 4.78 is 2.06. The molecule has 4 fully saturated rings. The van der Waals surface area contributed by atoms with Crippen LogP contribution in [0.3, 0.4) is 0 Å². The molecule has 37 heavy (non-hydrogen) atoms. The molecule has 4 bridgehead atoms. The van der Waals surface area contributed by atoms with Crippen molar-refractivity contribution in [3.63, 3.8) is 0 Å². The Morgan fingerprint density at radius 1 is 0.892 bits per heavy atom. The van der Waals surface area contributed by atoms with Crippen LogP contribution in [0.4, 0.5) is 17.3 Å². The monoisotopic (exact) mass is 495 g/mol. The number of rotatable bonds is 5. The molecule has 0 amide bonds. The van der Waals surface area contributed by atoms with Crippen molar-refractivity contribution in [1.29, 1.82) is 0 Å². The second-order valence-corrected chi connectivity index (χ2v) is 12.7. The van der Waals surface area contributed by atoms with Crippen molar-refractivity contribution < 1.29 is 5.11 Å². The van der Waals surface area contributed by atoms with Crippen LogP contribution in [-0.4, -0.2) is 40.6 Å². The standard InChI is InChI=1S/C29H33N7O/c1-19-9-32-25(35-28-14-26(2)13-27(3,15-28)17-29(37,16-26)18-28)34-24(19)22-11-31-23-7-6-21(12-36(22)23)33-20-5-4-8-30-10-20/h4-12,33,37H,13-18H2,1-3H3,(H,32,34,35)/t26-,27+,28+,29-. The molecule has 0 aromatic carbocycles. The van der Waals surface area contributed by atoms with Crippen molar-refractivity contribution in [2.24, 2.45) is 10.8 Å². The molecule has 0 radical (unpaired) electrons. The molecule has 4 heterocycles. The fourth-order valence-electron chi connectivity index (χ4n) is 8.60. The van der Waals surface area contributed by atoms with E-state index in [9.17, 15) is 5.11 Å². The second-order valence-electron chi connectivity index (χ2n) is 12.7. The third kappa shape index (κ3) is 3.85. The minimum absolute atomic E-state index is 0.151. The van der Waals surface area contributed by atoms with Crippen molar-refractivity contribution in [3.8, 4) is 11.4 Å². The number of hydrogen-bond acceptors (Lipinski definition) is 7. The summed E-state index contributed by atoms with van der Waals surface area (Å²) >= 11 is 0. The van der Waals surface area contributed by atoms with E-state index in [0.717, 1.165) is 66.1 Å². The van der Waals surface area contributed by atoms with Crippen molar-refractivity contribution in [1.82, 2.24) is 24.3 Å². The average Bonchev–Trinajstić information content (AvgIpc) is 3.21. The normalized spacial score (nSPS) is 32.1. The Morgan fingerprint density at radius 3 is 2.43 bits per heavy atom. The van der Waals surface area contributed by atoms with Crippen molar-refractivity contribution >= 4 is 23.0 Å². The van der Waals surface area contributed by atoms with Crippen molar-refractivity contribution in [2.45, 2.75) is 70.4 Å². The molecule has 4 aromatic rings. The smallest absolute Gasteiger partial charge is 0.223 e. The Morgan fingerprint density at radius 2 is 1.70 bits per heavy atom. The lowest BCUT2D eigenvalue weighted by Crippen LogP contribution is -2.67. The number of aromatic nitrogens is 5. The number of pyridine rings is 2. The fourth-order valence-corrected chi connectivity index (χ4v) is 8.60. The molecule has 8 nitrogen and oxygen atoms in total. The number of aliphatic hydroxyl groups is 1. The van der Waals surface area contributed by atoms with Gasteiger partial charge in [-0.25, -0.2) is 15.0 Å². The van der Waals surface area contributed by atoms with Gasteiger partial charge in [0.2, 0.25) is 5.95 Å². The molecule has 0 unspecified atom stereocenters. The molecule has 0 spiro atoms. The van der Waals surface area contributed by atoms with E-state index in [1.165, 1.54) is 6.42 Å². The summed E-state index contributed by atoms with van der Waals surface area (Å²) in [5.41, 5.74) is 4.99. The van der Waals surface area contributed by atoms with Gasteiger partial charge in [0.25, 0.3) is 0 Å². The lowest BCUT2D eigenvalue weighted by Gasteiger charge is -2.68. The fraction of sp³-hybridized carbons (Fsp3) is 0.448. The van der Waals surface area contributed by atoms with Crippen LogP contribution in [0.2, 0.25) is 0 Å². The molecule has 0 saturated heterocycles. The molecule has 0 aliphatic heterocycles. The summed E-state index contributed by atoms with van der Waals surface area (Å²) in [6, 6.07) is 7.90. The van der Waals surface area contributed by atoms with Crippen LogP contribution in [-0.2, 0) is 0 Å². The Kier molecular flexibility index (Phi) is 4.60. The number of aryl methyl sites for hydroxylation is 1. The highest BCUT2D eigenvalue weighted by Gasteiger charge is 2.65. The average molecular weight is 496 g/mol. The van der Waals surface area contributed by atoms with Crippen LogP contribution >= 0.6 is 0 Å². The van der Waals surface area contributed by atoms with Crippen molar-refractivity contribution in [2.75, 3.05) is 10.6 Å². The Bertz CT molecular complexity index is 1460. The maximum atomic E-state index is 11.5. The lowest BCUT2D eigenvalue weighted by molar-refractivity contribution is -0.192. The highest BCUT2D eigenvalue weighted by atomic mass is 16.3. The molecule has 8 rings (SSSR count). The number of nitrogens with zero attached hydrogens (tertiary/aromatic N) is 5. The summed E-state index contributed by atoms with van der Waals surface area (Å²) in [6.07, 6.45) is 15.2. The van der Waals surface area contributed by atoms with E-state index in [1.807, 2.05) is 49.8 Å². The zero-order valence-corrected chi connectivity index (χ0v) is 21.6. The van der Waals surface area contributed by atoms with Crippen molar-refractivity contribution in [3.05, 3.63) is 60.8 Å². The molecular weight excluding hydrogens is 462 g/mol. The number of nitrogens with one attached hydrogen (secondary N) is 2. The molecule has 3 N–H and O–H groups in total. The highest BCUT2D eigenvalue weighted by molar-refractivity contribution is 5.67. The Hall–Kier alpha value is -3.52. The number of anilines is 3. The van der Waals surface area contributed by atoms with E-state index < -0.39 is 5.60 Å². The highest BCUT2D eigenvalue weighted by Crippen LogP contribution is 2.68. The van der Waals surface area contributed by atoms with Crippen LogP contribution in [0.15, 0.2) is 55.2 Å². The Balaban J connectivity index is 1.23. The second kappa shape index (κ2) is 7.51. The number of hydrogen-bond donors (Lipinski definition) is 3. The SMILES string of the molecule is Cc1cnc(N[C@]23C[C@@]4(C)C[C@](C)(C[C@](O)(C4)C2)C3)nc1-c1cnc2ccc(Nc3cccnc3)cn12. The largest absolute Gasteiger partial charge is 0.390 e. The first-order chi connectivity index (χ1) is 17.6. The molecule has 4 aliphatic rings. The molecular formula is C29H33N7O. The zero-order valence-electron chi connectivity index (χ0n) is 21.6. The van der Waals surface area contributed by atoms with Gasteiger partial charge < -0.3 is 15.7 Å².